The van der Waals surface area contributed by atoms with Gasteiger partial charge in [0.2, 0.25) is 11.8 Å². The van der Waals surface area contributed by atoms with Crippen LogP contribution >= 0.6 is 0 Å². The molecule has 0 saturated carbocycles. The van der Waals surface area contributed by atoms with Crippen molar-refractivity contribution >= 4 is 17.7 Å². The molecule has 27 heavy (non-hydrogen) atoms. The summed E-state index contributed by atoms with van der Waals surface area (Å²) >= 11 is 0. The summed E-state index contributed by atoms with van der Waals surface area (Å²) in [4.78, 5) is 38.5. The molecule has 0 aromatic heterocycles. The number of hydrogen-bond acceptors (Lipinski definition) is 3. The van der Waals surface area contributed by atoms with Gasteiger partial charge in [-0.2, -0.15) is 0 Å². The van der Waals surface area contributed by atoms with Crippen LogP contribution in [-0.4, -0.2) is 48.3 Å². The summed E-state index contributed by atoms with van der Waals surface area (Å²) < 4.78 is 13.1. The van der Waals surface area contributed by atoms with Crippen LogP contribution in [0.2, 0.25) is 0 Å². The van der Waals surface area contributed by atoms with E-state index in [0.717, 1.165) is 0 Å². The summed E-state index contributed by atoms with van der Waals surface area (Å²) in [5, 5.41) is 5.70. The minimum atomic E-state index is -0.685. The maximum atomic E-state index is 13.1. The Morgan fingerprint density at radius 3 is 2.26 bits per heavy atom. The minimum Gasteiger partial charge on any atom is -0.354 e. The minimum absolute atomic E-state index is 0.0182. The van der Waals surface area contributed by atoms with Crippen LogP contribution in [0.1, 0.15) is 44.0 Å². The number of carbonyl (C=O) groups is 3. The Balaban J connectivity index is 2.09. The van der Waals surface area contributed by atoms with Gasteiger partial charge in [-0.3, -0.25) is 14.4 Å². The van der Waals surface area contributed by atoms with Crippen molar-refractivity contribution in [2.24, 2.45) is 11.8 Å². The first kappa shape index (κ1) is 20.9. The van der Waals surface area contributed by atoms with E-state index in [-0.39, 0.29) is 17.7 Å². The fourth-order valence-corrected chi connectivity index (χ4v) is 3.19. The summed E-state index contributed by atoms with van der Waals surface area (Å²) in [7, 11) is 0. The van der Waals surface area contributed by atoms with Crippen molar-refractivity contribution in [3.8, 4) is 0 Å². The Morgan fingerprint density at radius 2 is 1.74 bits per heavy atom. The lowest BCUT2D eigenvalue weighted by Gasteiger charge is -2.35. The highest BCUT2D eigenvalue weighted by Gasteiger charge is 2.33. The van der Waals surface area contributed by atoms with Gasteiger partial charge in [0, 0.05) is 32.1 Å². The molecular formula is C20H28FN3O3. The number of piperidine rings is 1. The Morgan fingerprint density at radius 1 is 1.15 bits per heavy atom. The van der Waals surface area contributed by atoms with Gasteiger partial charge in [0.05, 0.1) is 0 Å². The molecule has 0 unspecified atom stereocenters. The molecule has 1 atom stereocenters. The Hall–Kier alpha value is -2.44. The number of nitrogens with zero attached hydrogens (tertiary/aromatic N) is 1. The number of amides is 3. The van der Waals surface area contributed by atoms with E-state index in [1.54, 1.807) is 4.90 Å². The van der Waals surface area contributed by atoms with Gasteiger partial charge in [-0.15, -0.1) is 0 Å². The molecule has 1 heterocycles. The second kappa shape index (κ2) is 9.48. The van der Waals surface area contributed by atoms with Crippen molar-refractivity contribution in [1.82, 2.24) is 15.5 Å². The zero-order chi connectivity index (χ0) is 20.0. The van der Waals surface area contributed by atoms with Crippen LogP contribution in [0.25, 0.3) is 0 Å². The largest absolute Gasteiger partial charge is 0.354 e. The highest BCUT2D eigenvalue weighted by Crippen LogP contribution is 2.22. The zero-order valence-corrected chi connectivity index (χ0v) is 16.1. The number of benzene rings is 1. The van der Waals surface area contributed by atoms with E-state index >= 15 is 0 Å². The van der Waals surface area contributed by atoms with Gasteiger partial charge >= 0.3 is 0 Å². The van der Waals surface area contributed by atoms with E-state index in [2.05, 4.69) is 10.6 Å². The highest BCUT2D eigenvalue weighted by molar-refractivity contribution is 5.97. The molecule has 1 aliphatic rings. The second-order valence-corrected chi connectivity index (χ2v) is 7.44. The molecule has 1 saturated heterocycles. The molecule has 1 fully saturated rings. The van der Waals surface area contributed by atoms with Crippen molar-refractivity contribution in [1.29, 1.82) is 0 Å². The topological polar surface area (TPSA) is 78.5 Å². The van der Waals surface area contributed by atoms with E-state index in [1.165, 1.54) is 31.2 Å². The molecule has 0 radical (unpaired) electrons. The molecular weight excluding hydrogens is 349 g/mol. The fourth-order valence-electron chi connectivity index (χ4n) is 3.19. The SMILES string of the molecule is CC(=O)N1CCC([C@H](NC(=O)c2ccc(F)cc2)C(=O)NCC(C)C)CC1. The van der Waals surface area contributed by atoms with Crippen molar-refractivity contribution in [2.45, 2.75) is 39.7 Å². The number of hydrogen-bond donors (Lipinski definition) is 2. The van der Waals surface area contributed by atoms with Crippen LogP contribution in [-0.2, 0) is 9.59 Å². The van der Waals surface area contributed by atoms with Gasteiger partial charge in [0.15, 0.2) is 0 Å². The highest BCUT2D eigenvalue weighted by atomic mass is 19.1. The number of carbonyl (C=O) groups excluding carboxylic acids is 3. The van der Waals surface area contributed by atoms with Gasteiger partial charge < -0.3 is 15.5 Å². The maximum Gasteiger partial charge on any atom is 0.251 e. The summed E-state index contributed by atoms with van der Waals surface area (Å²) in [5.41, 5.74) is 0.305. The lowest BCUT2D eigenvalue weighted by atomic mass is 9.88. The predicted octanol–water partition coefficient (Wildman–Crippen LogP) is 1.95. The van der Waals surface area contributed by atoms with Crippen molar-refractivity contribution < 1.29 is 18.8 Å². The fraction of sp³-hybridized carbons (Fsp3) is 0.550. The van der Waals surface area contributed by atoms with E-state index in [1.807, 2.05) is 13.8 Å². The Kier molecular flexibility index (Phi) is 7.33. The van der Waals surface area contributed by atoms with Crippen molar-refractivity contribution in [3.05, 3.63) is 35.6 Å². The third kappa shape index (κ3) is 6.05. The van der Waals surface area contributed by atoms with Crippen LogP contribution < -0.4 is 10.6 Å². The maximum absolute atomic E-state index is 13.1. The molecule has 1 aromatic carbocycles. The first-order chi connectivity index (χ1) is 12.8. The lowest BCUT2D eigenvalue weighted by Crippen LogP contribution is -2.54. The van der Waals surface area contributed by atoms with Crippen molar-refractivity contribution in [3.63, 3.8) is 0 Å². The smallest absolute Gasteiger partial charge is 0.251 e. The standard InChI is InChI=1S/C20H28FN3O3/c1-13(2)12-22-20(27)18(15-8-10-24(11-9-15)14(3)25)23-19(26)16-4-6-17(21)7-5-16/h4-7,13,15,18H,8-12H2,1-3H3,(H,22,27)(H,23,26)/t18-/m0/s1. The van der Waals surface area contributed by atoms with Crippen molar-refractivity contribution in [2.75, 3.05) is 19.6 Å². The summed E-state index contributed by atoms with van der Waals surface area (Å²) in [5.74, 6) is -0.799. The van der Waals surface area contributed by atoms with Gasteiger partial charge in [0.1, 0.15) is 11.9 Å². The van der Waals surface area contributed by atoms with E-state index < -0.39 is 17.8 Å². The van der Waals surface area contributed by atoms with Gasteiger partial charge in [-0.25, -0.2) is 4.39 Å². The lowest BCUT2D eigenvalue weighted by molar-refractivity contribution is -0.130. The zero-order valence-electron chi connectivity index (χ0n) is 16.1. The number of likely N-dealkylation sites (tertiary alicyclic amines) is 1. The molecule has 7 heteroatoms. The monoisotopic (exact) mass is 377 g/mol. The first-order valence-electron chi connectivity index (χ1n) is 9.37. The average molecular weight is 377 g/mol. The molecule has 148 valence electrons. The molecule has 6 nitrogen and oxygen atoms in total. The molecule has 3 amide bonds. The molecule has 1 aromatic rings. The van der Waals surface area contributed by atoms with Gasteiger partial charge in [-0.1, -0.05) is 13.8 Å². The van der Waals surface area contributed by atoms with E-state index in [0.29, 0.717) is 44.0 Å². The average Bonchev–Trinajstić information content (AvgIpc) is 2.64. The molecule has 0 bridgehead atoms. The first-order valence-corrected chi connectivity index (χ1v) is 9.37. The quantitative estimate of drug-likeness (QED) is 0.795. The van der Waals surface area contributed by atoms with Crippen LogP contribution in [0.4, 0.5) is 4.39 Å². The number of nitrogens with one attached hydrogen (secondary N) is 2. The molecule has 2 rings (SSSR count). The van der Waals surface area contributed by atoms with E-state index in [4.69, 9.17) is 0 Å². The normalized spacial score (nSPS) is 16.1. The molecule has 1 aliphatic heterocycles. The third-order valence-corrected chi connectivity index (χ3v) is 4.82. The number of halogens is 1. The van der Waals surface area contributed by atoms with Gasteiger partial charge in [0.25, 0.3) is 5.91 Å². The molecule has 2 N–H and O–H groups in total. The molecule has 0 aliphatic carbocycles. The van der Waals surface area contributed by atoms with Crippen LogP contribution in [0, 0.1) is 17.7 Å². The third-order valence-electron chi connectivity index (χ3n) is 4.82. The molecule has 0 spiro atoms. The second-order valence-electron chi connectivity index (χ2n) is 7.44. The summed E-state index contributed by atoms with van der Waals surface area (Å²) in [6.45, 7) is 7.19. The van der Waals surface area contributed by atoms with Crippen LogP contribution in [0.5, 0.6) is 0 Å². The Labute approximate surface area is 159 Å². The predicted molar refractivity (Wildman–Crippen MR) is 100 cm³/mol. The summed E-state index contributed by atoms with van der Waals surface area (Å²) in [6, 6.07) is 4.54. The van der Waals surface area contributed by atoms with Crippen LogP contribution in [0.3, 0.4) is 0 Å². The van der Waals surface area contributed by atoms with Gasteiger partial charge in [-0.05, 0) is 48.9 Å². The Bertz CT molecular complexity index is 668. The summed E-state index contributed by atoms with van der Waals surface area (Å²) in [6.07, 6.45) is 1.28. The van der Waals surface area contributed by atoms with Crippen LogP contribution in [0.15, 0.2) is 24.3 Å². The van der Waals surface area contributed by atoms with E-state index in [9.17, 15) is 18.8 Å². The number of rotatable bonds is 6.